The van der Waals surface area contributed by atoms with Gasteiger partial charge in [-0.25, -0.2) is 9.59 Å². The SMILES string of the molecule is Cc1nn(C)cc1CNC(=O)NCC1CCC(C(=O)O)O1. The summed E-state index contributed by atoms with van der Waals surface area (Å²) in [4.78, 5) is 22.4. The third-order valence-corrected chi connectivity index (χ3v) is 3.43. The Bertz CT molecular complexity index is 528. The smallest absolute Gasteiger partial charge is 0.332 e. The van der Waals surface area contributed by atoms with Crippen molar-refractivity contribution in [3.8, 4) is 0 Å². The quantitative estimate of drug-likeness (QED) is 0.718. The predicted octanol–water partition coefficient (Wildman–Crippen LogP) is 0.160. The van der Waals surface area contributed by atoms with Crippen LogP contribution in [0.4, 0.5) is 4.79 Å². The van der Waals surface area contributed by atoms with Gasteiger partial charge in [-0.2, -0.15) is 5.10 Å². The summed E-state index contributed by atoms with van der Waals surface area (Å²) in [5.74, 6) is -0.950. The van der Waals surface area contributed by atoms with Crippen molar-refractivity contribution < 1.29 is 19.4 Å². The molecule has 8 nitrogen and oxygen atoms in total. The number of carbonyl (C=O) groups is 2. The topological polar surface area (TPSA) is 105 Å². The maximum absolute atomic E-state index is 11.7. The van der Waals surface area contributed by atoms with Crippen LogP contribution in [0.15, 0.2) is 6.20 Å². The van der Waals surface area contributed by atoms with Crippen LogP contribution in [0, 0.1) is 6.92 Å². The Kier molecular flexibility index (Phi) is 4.79. The number of rotatable bonds is 5. The van der Waals surface area contributed by atoms with Gasteiger partial charge in [0.1, 0.15) is 0 Å². The lowest BCUT2D eigenvalue weighted by Gasteiger charge is -2.12. The van der Waals surface area contributed by atoms with Crippen molar-refractivity contribution in [2.45, 2.75) is 38.5 Å². The lowest BCUT2D eigenvalue weighted by atomic mass is 10.2. The number of ether oxygens (including phenoxy) is 1. The fourth-order valence-corrected chi connectivity index (χ4v) is 2.30. The average Bonchev–Trinajstić information content (AvgIpc) is 3.01. The Morgan fingerprint density at radius 2 is 2.24 bits per heavy atom. The number of aliphatic carboxylic acids is 1. The van der Waals surface area contributed by atoms with Gasteiger partial charge in [0.05, 0.1) is 11.8 Å². The second-order valence-electron chi connectivity index (χ2n) is 5.14. The molecule has 0 saturated carbocycles. The van der Waals surface area contributed by atoms with Crippen molar-refractivity contribution in [3.05, 3.63) is 17.5 Å². The standard InChI is InChI=1S/C13H20N4O4/c1-8-9(7-17(2)16-8)5-14-13(20)15-6-10-3-4-11(21-10)12(18)19/h7,10-11H,3-6H2,1-2H3,(H,18,19)(H2,14,15,20). The van der Waals surface area contributed by atoms with Gasteiger partial charge in [0, 0.05) is 31.9 Å². The molecule has 1 saturated heterocycles. The van der Waals surface area contributed by atoms with Crippen molar-refractivity contribution >= 4 is 12.0 Å². The highest BCUT2D eigenvalue weighted by Gasteiger charge is 2.30. The minimum absolute atomic E-state index is 0.239. The lowest BCUT2D eigenvalue weighted by molar-refractivity contribution is -0.149. The van der Waals surface area contributed by atoms with Crippen molar-refractivity contribution in [2.24, 2.45) is 7.05 Å². The normalized spacial score (nSPS) is 21.2. The van der Waals surface area contributed by atoms with E-state index < -0.39 is 12.1 Å². The first-order chi connectivity index (χ1) is 9.95. The van der Waals surface area contributed by atoms with E-state index in [1.54, 1.807) is 4.68 Å². The molecule has 1 aliphatic heterocycles. The molecule has 2 atom stereocenters. The summed E-state index contributed by atoms with van der Waals surface area (Å²) in [7, 11) is 1.83. The van der Waals surface area contributed by atoms with Crippen molar-refractivity contribution in [1.82, 2.24) is 20.4 Å². The van der Waals surface area contributed by atoms with E-state index in [1.165, 1.54) is 0 Å². The van der Waals surface area contributed by atoms with Gasteiger partial charge >= 0.3 is 12.0 Å². The van der Waals surface area contributed by atoms with E-state index >= 15 is 0 Å². The van der Waals surface area contributed by atoms with Crippen molar-refractivity contribution in [2.75, 3.05) is 6.54 Å². The molecule has 2 amide bonds. The molecule has 8 heteroatoms. The molecule has 2 unspecified atom stereocenters. The fraction of sp³-hybridized carbons (Fsp3) is 0.615. The highest BCUT2D eigenvalue weighted by Crippen LogP contribution is 2.19. The number of carboxylic acid groups (broad SMARTS) is 1. The highest BCUT2D eigenvalue weighted by molar-refractivity contribution is 5.74. The Hall–Kier alpha value is -2.09. The van der Waals surface area contributed by atoms with Crippen molar-refractivity contribution in [3.63, 3.8) is 0 Å². The molecular formula is C13H20N4O4. The van der Waals surface area contributed by atoms with Crippen LogP contribution in [0.1, 0.15) is 24.1 Å². The number of carbonyl (C=O) groups excluding carboxylic acids is 1. The Morgan fingerprint density at radius 3 is 2.81 bits per heavy atom. The van der Waals surface area contributed by atoms with E-state index in [4.69, 9.17) is 9.84 Å². The molecule has 1 aromatic rings. The van der Waals surface area contributed by atoms with Crippen LogP contribution in [0.5, 0.6) is 0 Å². The number of carboxylic acids is 1. The number of urea groups is 1. The largest absolute Gasteiger partial charge is 0.479 e. The number of nitrogens with zero attached hydrogens (tertiary/aromatic N) is 2. The Balaban J connectivity index is 1.69. The number of hydrogen-bond acceptors (Lipinski definition) is 4. The van der Waals surface area contributed by atoms with Crippen LogP contribution in [0.2, 0.25) is 0 Å². The Labute approximate surface area is 122 Å². The van der Waals surface area contributed by atoms with E-state index in [0.29, 0.717) is 25.9 Å². The van der Waals surface area contributed by atoms with Crippen LogP contribution in [-0.2, 0) is 23.1 Å². The van der Waals surface area contributed by atoms with Crippen LogP contribution in [0.25, 0.3) is 0 Å². The molecule has 0 aromatic carbocycles. The van der Waals surface area contributed by atoms with E-state index in [1.807, 2.05) is 20.2 Å². The third kappa shape index (κ3) is 4.19. The molecule has 116 valence electrons. The maximum Gasteiger partial charge on any atom is 0.332 e. The van der Waals surface area contributed by atoms with Gasteiger partial charge in [0.2, 0.25) is 0 Å². The highest BCUT2D eigenvalue weighted by atomic mass is 16.5. The summed E-state index contributed by atoms with van der Waals surface area (Å²) in [6, 6.07) is -0.305. The molecule has 0 radical (unpaired) electrons. The number of aromatic nitrogens is 2. The third-order valence-electron chi connectivity index (χ3n) is 3.43. The van der Waals surface area contributed by atoms with Gasteiger partial charge in [0.25, 0.3) is 0 Å². The predicted molar refractivity (Wildman–Crippen MR) is 73.7 cm³/mol. The first-order valence-corrected chi connectivity index (χ1v) is 6.85. The number of hydrogen-bond donors (Lipinski definition) is 3. The lowest BCUT2D eigenvalue weighted by Crippen LogP contribution is -2.39. The van der Waals surface area contributed by atoms with Gasteiger partial charge in [0.15, 0.2) is 6.10 Å². The van der Waals surface area contributed by atoms with E-state index in [9.17, 15) is 9.59 Å². The second-order valence-corrected chi connectivity index (χ2v) is 5.14. The second kappa shape index (κ2) is 6.57. The zero-order chi connectivity index (χ0) is 15.4. The average molecular weight is 296 g/mol. The number of aryl methyl sites for hydroxylation is 2. The zero-order valence-electron chi connectivity index (χ0n) is 12.1. The molecule has 1 aromatic heterocycles. The first kappa shape index (κ1) is 15.3. The molecular weight excluding hydrogens is 276 g/mol. The van der Waals surface area contributed by atoms with Crippen LogP contribution < -0.4 is 10.6 Å². The van der Waals surface area contributed by atoms with Crippen LogP contribution in [0.3, 0.4) is 0 Å². The monoisotopic (exact) mass is 296 g/mol. The van der Waals surface area contributed by atoms with Gasteiger partial charge < -0.3 is 20.5 Å². The molecule has 1 aliphatic rings. The number of amides is 2. The molecule has 2 heterocycles. The molecule has 0 bridgehead atoms. The fourth-order valence-electron chi connectivity index (χ4n) is 2.30. The van der Waals surface area contributed by atoms with Crippen molar-refractivity contribution in [1.29, 1.82) is 0 Å². The van der Waals surface area contributed by atoms with E-state index in [2.05, 4.69) is 15.7 Å². The van der Waals surface area contributed by atoms with Crippen LogP contribution >= 0.6 is 0 Å². The summed E-state index contributed by atoms with van der Waals surface area (Å²) in [5.41, 5.74) is 1.83. The maximum atomic E-state index is 11.7. The van der Waals surface area contributed by atoms with E-state index in [-0.39, 0.29) is 12.1 Å². The summed E-state index contributed by atoms with van der Waals surface area (Å²) < 4.78 is 7.00. The summed E-state index contributed by atoms with van der Waals surface area (Å²) in [6.45, 7) is 2.59. The van der Waals surface area contributed by atoms with Gasteiger partial charge in [-0.3, -0.25) is 4.68 Å². The van der Waals surface area contributed by atoms with Gasteiger partial charge in [-0.1, -0.05) is 0 Å². The van der Waals surface area contributed by atoms with E-state index in [0.717, 1.165) is 11.3 Å². The summed E-state index contributed by atoms with van der Waals surface area (Å²) in [6.07, 6.45) is 1.99. The molecule has 21 heavy (non-hydrogen) atoms. The molecule has 1 fully saturated rings. The molecule has 3 N–H and O–H groups in total. The minimum atomic E-state index is -0.950. The number of nitrogens with one attached hydrogen (secondary N) is 2. The first-order valence-electron chi connectivity index (χ1n) is 6.85. The van der Waals surface area contributed by atoms with Gasteiger partial charge in [-0.05, 0) is 19.8 Å². The molecule has 0 spiro atoms. The zero-order valence-corrected chi connectivity index (χ0v) is 12.1. The molecule has 0 aliphatic carbocycles. The summed E-state index contributed by atoms with van der Waals surface area (Å²) in [5, 5.41) is 18.4. The summed E-state index contributed by atoms with van der Waals surface area (Å²) >= 11 is 0. The van der Waals surface area contributed by atoms with Gasteiger partial charge in [-0.15, -0.1) is 0 Å². The molecule has 2 rings (SSSR count). The minimum Gasteiger partial charge on any atom is -0.479 e. The Morgan fingerprint density at radius 1 is 1.48 bits per heavy atom. The van der Waals surface area contributed by atoms with Crippen LogP contribution in [-0.4, -0.2) is 45.6 Å².